The molecule has 1 saturated heterocycles. The molecule has 19 heavy (non-hydrogen) atoms. The average molecular weight is 323 g/mol. The van der Waals surface area contributed by atoms with Crippen LogP contribution in [0, 0.1) is 5.92 Å². The Morgan fingerprint density at radius 1 is 1.32 bits per heavy atom. The van der Waals surface area contributed by atoms with Crippen molar-refractivity contribution >= 4 is 27.9 Å². The number of hydrogen-bond donors (Lipinski definition) is 0. The number of carbonyl (C=O) groups excluding carboxylic acids is 2. The van der Waals surface area contributed by atoms with Crippen LogP contribution in [0.5, 0.6) is 0 Å². The van der Waals surface area contributed by atoms with Crippen LogP contribution < -0.4 is 0 Å². The Morgan fingerprint density at radius 2 is 2.05 bits per heavy atom. The fraction of sp³-hybridized carbons (Fsp3) is 0.286. The van der Waals surface area contributed by atoms with Crippen molar-refractivity contribution in [1.82, 2.24) is 0 Å². The molecule has 3 aliphatic rings. The summed E-state index contributed by atoms with van der Waals surface area (Å²) < 4.78 is 11.4. The summed E-state index contributed by atoms with van der Waals surface area (Å²) in [7, 11) is 0. The van der Waals surface area contributed by atoms with E-state index in [4.69, 9.17) is 9.47 Å². The van der Waals surface area contributed by atoms with Crippen LogP contribution in [0.1, 0.15) is 16.8 Å². The van der Waals surface area contributed by atoms with Gasteiger partial charge in [0.1, 0.15) is 18.1 Å². The fourth-order valence-electron chi connectivity index (χ4n) is 2.30. The molecule has 2 aliphatic heterocycles. The normalized spacial score (nSPS) is 28.6. The van der Waals surface area contributed by atoms with Crippen LogP contribution >= 0.6 is 15.9 Å². The number of esters is 2. The lowest BCUT2D eigenvalue weighted by Crippen LogP contribution is -2.46. The third-order valence-corrected chi connectivity index (χ3v) is 4.07. The van der Waals surface area contributed by atoms with Crippen LogP contribution in [0.2, 0.25) is 0 Å². The first-order chi connectivity index (χ1) is 9.15. The fourth-order valence-corrected chi connectivity index (χ4v) is 2.87. The standard InChI is InChI=1S/C14H11BrO4/c15-10-6-9-11(7-12(10)19-14(9)17)18-13(16)8-4-2-1-3-5-8/h1-6,9,11-12H,7H2/t9-,11+,12-/m0/s1. The lowest BCUT2D eigenvalue weighted by molar-refractivity contribution is -0.165. The third-order valence-electron chi connectivity index (χ3n) is 3.29. The van der Waals surface area contributed by atoms with E-state index in [1.807, 2.05) is 6.07 Å². The highest BCUT2D eigenvalue weighted by molar-refractivity contribution is 9.11. The number of hydrogen-bond acceptors (Lipinski definition) is 4. The molecule has 4 nitrogen and oxygen atoms in total. The summed E-state index contributed by atoms with van der Waals surface area (Å²) in [4.78, 5) is 23.6. The molecule has 1 fully saturated rings. The van der Waals surface area contributed by atoms with E-state index < -0.39 is 18.0 Å². The van der Waals surface area contributed by atoms with Gasteiger partial charge in [0, 0.05) is 10.9 Å². The molecule has 1 aromatic rings. The Kier molecular flexibility index (Phi) is 3.14. The van der Waals surface area contributed by atoms with E-state index in [-0.39, 0.29) is 12.1 Å². The Morgan fingerprint density at radius 3 is 2.74 bits per heavy atom. The molecule has 0 aromatic heterocycles. The second kappa shape index (κ2) is 4.81. The maximum Gasteiger partial charge on any atom is 0.338 e. The molecule has 98 valence electrons. The summed E-state index contributed by atoms with van der Waals surface area (Å²) in [6.07, 6.45) is 1.50. The van der Waals surface area contributed by atoms with Gasteiger partial charge in [0.25, 0.3) is 0 Å². The first-order valence-corrected chi connectivity index (χ1v) is 6.78. The SMILES string of the molecule is O=C(O[C@@H]1C[C@@H]2OC(=O)[C@H]1C=C2Br)c1ccccc1. The van der Waals surface area contributed by atoms with E-state index in [0.29, 0.717) is 12.0 Å². The molecule has 5 heteroatoms. The van der Waals surface area contributed by atoms with E-state index in [1.54, 1.807) is 30.3 Å². The highest BCUT2D eigenvalue weighted by atomic mass is 79.9. The van der Waals surface area contributed by atoms with Gasteiger partial charge in [-0.3, -0.25) is 4.79 Å². The first kappa shape index (κ1) is 12.4. The van der Waals surface area contributed by atoms with Crippen molar-refractivity contribution in [3.05, 3.63) is 46.5 Å². The summed E-state index contributed by atoms with van der Waals surface area (Å²) in [5, 5.41) is 0. The minimum Gasteiger partial charge on any atom is -0.457 e. The molecule has 0 unspecified atom stereocenters. The zero-order chi connectivity index (χ0) is 13.4. The number of fused-ring (bicyclic) bond motifs is 2. The zero-order valence-electron chi connectivity index (χ0n) is 9.91. The molecule has 3 atom stereocenters. The molecule has 1 aromatic carbocycles. The summed E-state index contributed by atoms with van der Waals surface area (Å²) in [5.41, 5.74) is 0.486. The van der Waals surface area contributed by atoms with Crippen molar-refractivity contribution in [1.29, 1.82) is 0 Å². The van der Waals surface area contributed by atoms with Gasteiger partial charge in [0.05, 0.1) is 5.56 Å². The second-order valence-electron chi connectivity index (χ2n) is 4.55. The van der Waals surface area contributed by atoms with Crippen LogP contribution in [-0.4, -0.2) is 24.1 Å². The average Bonchev–Trinajstić information content (AvgIpc) is 2.42. The Balaban J connectivity index is 1.75. The number of rotatable bonds is 2. The summed E-state index contributed by atoms with van der Waals surface area (Å²) in [6.45, 7) is 0. The Bertz CT molecular complexity index is 552. The van der Waals surface area contributed by atoms with Gasteiger partial charge in [-0.2, -0.15) is 0 Å². The third kappa shape index (κ3) is 2.30. The van der Waals surface area contributed by atoms with Crippen molar-refractivity contribution in [2.75, 3.05) is 0 Å². The Hall–Kier alpha value is -1.62. The van der Waals surface area contributed by atoms with Crippen molar-refractivity contribution in [2.24, 2.45) is 5.92 Å². The lowest BCUT2D eigenvalue weighted by atomic mass is 9.88. The van der Waals surface area contributed by atoms with Gasteiger partial charge in [-0.05, 0) is 12.1 Å². The maximum absolute atomic E-state index is 12.0. The summed E-state index contributed by atoms with van der Waals surface area (Å²) in [5.74, 6) is -1.24. The molecular formula is C14H11BrO4. The minimum atomic E-state index is -0.507. The van der Waals surface area contributed by atoms with Crippen LogP contribution in [0.15, 0.2) is 40.9 Å². The molecule has 0 spiro atoms. The number of benzene rings is 1. The second-order valence-corrected chi connectivity index (χ2v) is 5.46. The van der Waals surface area contributed by atoms with Crippen LogP contribution in [0.25, 0.3) is 0 Å². The molecule has 0 saturated carbocycles. The van der Waals surface area contributed by atoms with Crippen molar-refractivity contribution in [3.63, 3.8) is 0 Å². The maximum atomic E-state index is 12.0. The summed E-state index contributed by atoms with van der Waals surface area (Å²) >= 11 is 3.35. The van der Waals surface area contributed by atoms with Gasteiger partial charge in [0.2, 0.25) is 0 Å². The molecule has 4 rings (SSSR count). The molecule has 2 bridgehead atoms. The number of halogens is 1. The number of carbonyl (C=O) groups is 2. The summed E-state index contributed by atoms with van der Waals surface area (Å²) in [6, 6.07) is 8.75. The molecule has 0 radical (unpaired) electrons. The quantitative estimate of drug-likeness (QED) is 0.785. The predicted molar refractivity (Wildman–Crippen MR) is 70.6 cm³/mol. The number of ether oxygens (including phenoxy) is 2. The van der Waals surface area contributed by atoms with E-state index >= 15 is 0 Å². The molecular weight excluding hydrogens is 312 g/mol. The van der Waals surface area contributed by atoms with Gasteiger partial charge < -0.3 is 9.47 Å². The van der Waals surface area contributed by atoms with Gasteiger partial charge in [-0.1, -0.05) is 40.2 Å². The van der Waals surface area contributed by atoms with E-state index in [1.165, 1.54) is 0 Å². The van der Waals surface area contributed by atoms with Crippen LogP contribution in [0.3, 0.4) is 0 Å². The molecule has 0 amide bonds. The highest BCUT2D eigenvalue weighted by Crippen LogP contribution is 2.37. The van der Waals surface area contributed by atoms with E-state index in [9.17, 15) is 9.59 Å². The monoisotopic (exact) mass is 322 g/mol. The van der Waals surface area contributed by atoms with Gasteiger partial charge in [0.15, 0.2) is 0 Å². The topological polar surface area (TPSA) is 52.6 Å². The molecule has 0 N–H and O–H groups in total. The first-order valence-electron chi connectivity index (χ1n) is 5.99. The highest BCUT2D eigenvalue weighted by Gasteiger charge is 2.45. The smallest absolute Gasteiger partial charge is 0.338 e. The largest absolute Gasteiger partial charge is 0.457 e. The van der Waals surface area contributed by atoms with Crippen molar-refractivity contribution in [3.8, 4) is 0 Å². The van der Waals surface area contributed by atoms with Crippen LogP contribution in [0.4, 0.5) is 0 Å². The minimum absolute atomic E-state index is 0.328. The Labute approximate surface area is 118 Å². The predicted octanol–water partition coefficient (Wildman–Crippen LogP) is 2.44. The van der Waals surface area contributed by atoms with Crippen molar-refractivity contribution < 1.29 is 19.1 Å². The van der Waals surface area contributed by atoms with Gasteiger partial charge >= 0.3 is 11.9 Å². The van der Waals surface area contributed by atoms with E-state index in [2.05, 4.69) is 15.9 Å². The molecule has 1 aliphatic carbocycles. The van der Waals surface area contributed by atoms with Gasteiger partial charge in [-0.25, -0.2) is 4.79 Å². The zero-order valence-corrected chi connectivity index (χ0v) is 11.5. The van der Waals surface area contributed by atoms with Crippen LogP contribution in [-0.2, 0) is 14.3 Å². The van der Waals surface area contributed by atoms with Crippen molar-refractivity contribution in [2.45, 2.75) is 18.6 Å². The molecule has 2 heterocycles. The van der Waals surface area contributed by atoms with Gasteiger partial charge in [-0.15, -0.1) is 0 Å². The van der Waals surface area contributed by atoms with E-state index in [0.717, 1.165) is 4.48 Å². The lowest BCUT2D eigenvalue weighted by Gasteiger charge is -2.37.